The van der Waals surface area contributed by atoms with E-state index in [2.05, 4.69) is 50.3 Å². The van der Waals surface area contributed by atoms with Crippen molar-refractivity contribution < 1.29 is 10.2 Å². The van der Waals surface area contributed by atoms with Crippen LogP contribution < -0.4 is 5.32 Å². The Kier molecular flexibility index (Phi) is 10.9. The summed E-state index contributed by atoms with van der Waals surface area (Å²) in [4.78, 5) is 2.23. The predicted molar refractivity (Wildman–Crippen MR) is 123 cm³/mol. The quantitative estimate of drug-likeness (QED) is 0.301. The molecule has 0 aromatic carbocycles. The molecule has 0 aromatic heterocycles. The molecule has 0 spiro atoms. The van der Waals surface area contributed by atoms with E-state index >= 15 is 0 Å². The zero-order valence-electron chi connectivity index (χ0n) is 19.3. The molecule has 0 aliphatic heterocycles. The van der Waals surface area contributed by atoms with Crippen LogP contribution in [-0.4, -0.2) is 61.1 Å². The Labute approximate surface area is 179 Å². The number of fused-ring (bicyclic) bond motifs is 1. The topological polar surface area (TPSA) is 55.7 Å². The lowest BCUT2D eigenvalue weighted by Crippen LogP contribution is -2.22. The van der Waals surface area contributed by atoms with Gasteiger partial charge in [0.2, 0.25) is 0 Å². The minimum Gasteiger partial charge on any atom is -0.392 e. The second kappa shape index (κ2) is 12.9. The first kappa shape index (κ1) is 24.6. The van der Waals surface area contributed by atoms with Gasteiger partial charge in [0.1, 0.15) is 0 Å². The van der Waals surface area contributed by atoms with Gasteiger partial charge in [-0.2, -0.15) is 0 Å². The first-order chi connectivity index (χ1) is 13.9. The molecule has 6 atom stereocenters. The number of nitrogens with one attached hydrogen (secondary N) is 1. The number of aliphatic hydroxyl groups is 2. The predicted octanol–water partition coefficient (Wildman–Crippen LogP) is 3.99. The SMILES string of the molecule is CCCC[C@H](C)C[C@H](O)/C=C/[C@@H]1[C@H]2CC(CCNCCCN(C)C)=C[C@H]2C[C@H]1O. The van der Waals surface area contributed by atoms with E-state index in [1.165, 1.54) is 25.7 Å². The van der Waals surface area contributed by atoms with Gasteiger partial charge in [-0.05, 0) is 83.6 Å². The molecule has 29 heavy (non-hydrogen) atoms. The minimum atomic E-state index is -0.381. The van der Waals surface area contributed by atoms with Crippen molar-refractivity contribution in [1.29, 1.82) is 0 Å². The van der Waals surface area contributed by atoms with Gasteiger partial charge in [-0.15, -0.1) is 0 Å². The van der Waals surface area contributed by atoms with Gasteiger partial charge in [-0.1, -0.05) is 56.9 Å². The van der Waals surface area contributed by atoms with Crippen molar-refractivity contribution in [1.82, 2.24) is 10.2 Å². The lowest BCUT2D eigenvalue weighted by atomic mass is 9.88. The third-order valence-electron chi connectivity index (χ3n) is 6.78. The molecular weight excluding hydrogens is 360 g/mol. The highest BCUT2D eigenvalue weighted by Gasteiger charge is 2.43. The molecule has 0 unspecified atom stereocenters. The fourth-order valence-electron chi connectivity index (χ4n) is 5.10. The van der Waals surface area contributed by atoms with E-state index < -0.39 is 0 Å². The van der Waals surface area contributed by atoms with Crippen LogP contribution in [-0.2, 0) is 0 Å². The van der Waals surface area contributed by atoms with Crippen molar-refractivity contribution in [3.8, 4) is 0 Å². The van der Waals surface area contributed by atoms with E-state index in [9.17, 15) is 10.2 Å². The van der Waals surface area contributed by atoms with Crippen LogP contribution in [0.4, 0.5) is 0 Å². The molecule has 0 bridgehead atoms. The molecule has 4 heteroatoms. The second-order valence-corrected chi connectivity index (χ2v) is 9.83. The average molecular weight is 407 g/mol. The number of nitrogens with zero attached hydrogens (tertiary/aromatic N) is 1. The zero-order valence-corrected chi connectivity index (χ0v) is 19.3. The third kappa shape index (κ3) is 8.53. The highest BCUT2D eigenvalue weighted by Crippen LogP contribution is 2.47. The summed E-state index contributed by atoms with van der Waals surface area (Å²) in [7, 11) is 4.24. The van der Waals surface area contributed by atoms with Gasteiger partial charge in [-0.25, -0.2) is 0 Å². The largest absolute Gasteiger partial charge is 0.392 e. The maximum atomic E-state index is 10.5. The first-order valence-electron chi connectivity index (χ1n) is 12.0. The Morgan fingerprint density at radius 3 is 2.79 bits per heavy atom. The molecule has 2 rings (SSSR count). The Balaban J connectivity index is 1.72. The number of allylic oxidation sites excluding steroid dienone is 1. The Morgan fingerprint density at radius 1 is 1.28 bits per heavy atom. The fourth-order valence-corrected chi connectivity index (χ4v) is 5.10. The first-order valence-corrected chi connectivity index (χ1v) is 12.0. The van der Waals surface area contributed by atoms with Crippen LogP contribution in [0.1, 0.15) is 65.2 Å². The summed E-state index contributed by atoms with van der Waals surface area (Å²) in [5.74, 6) is 1.79. The van der Waals surface area contributed by atoms with Gasteiger partial charge in [0, 0.05) is 5.92 Å². The molecule has 1 saturated carbocycles. The van der Waals surface area contributed by atoms with Gasteiger partial charge >= 0.3 is 0 Å². The minimum absolute atomic E-state index is 0.197. The highest BCUT2D eigenvalue weighted by molar-refractivity contribution is 5.21. The molecular formula is C25H46N2O2. The van der Waals surface area contributed by atoms with Crippen molar-refractivity contribution in [2.24, 2.45) is 23.7 Å². The summed E-state index contributed by atoms with van der Waals surface area (Å²) in [6, 6.07) is 0. The summed E-state index contributed by atoms with van der Waals surface area (Å²) < 4.78 is 0. The molecule has 1 fully saturated rings. The summed E-state index contributed by atoms with van der Waals surface area (Å²) in [6.07, 6.45) is 14.7. The lowest BCUT2D eigenvalue weighted by molar-refractivity contribution is 0.139. The van der Waals surface area contributed by atoms with Crippen LogP contribution in [0.5, 0.6) is 0 Å². The van der Waals surface area contributed by atoms with Crippen LogP contribution in [0, 0.1) is 23.7 Å². The summed E-state index contributed by atoms with van der Waals surface area (Å²) in [5.41, 5.74) is 1.55. The maximum Gasteiger partial charge on any atom is 0.0723 e. The second-order valence-electron chi connectivity index (χ2n) is 9.83. The molecule has 4 nitrogen and oxygen atoms in total. The van der Waals surface area contributed by atoms with E-state index in [1.54, 1.807) is 5.57 Å². The molecule has 0 radical (unpaired) electrons. The van der Waals surface area contributed by atoms with E-state index in [4.69, 9.17) is 0 Å². The van der Waals surface area contributed by atoms with Crippen molar-refractivity contribution in [3.63, 3.8) is 0 Å². The van der Waals surface area contributed by atoms with E-state index in [1.807, 2.05) is 6.08 Å². The number of unbranched alkanes of at least 4 members (excludes halogenated alkanes) is 1. The third-order valence-corrected chi connectivity index (χ3v) is 6.78. The van der Waals surface area contributed by atoms with Gasteiger partial charge < -0.3 is 20.4 Å². The Bertz CT molecular complexity index is 517. The molecule has 2 aliphatic carbocycles. The normalized spacial score (nSPS) is 28.9. The highest BCUT2D eigenvalue weighted by atomic mass is 16.3. The van der Waals surface area contributed by atoms with E-state index in [0.29, 0.717) is 17.8 Å². The lowest BCUT2D eigenvalue weighted by Gasteiger charge is -2.19. The Morgan fingerprint density at radius 2 is 2.07 bits per heavy atom. The number of aliphatic hydroxyl groups excluding tert-OH is 2. The zero-order chi connectivity index (χ0) is 21.2. The number of rotatable bonds is 14. The Hall–Kier alpha value is -0.680. The van der Waals surface area contributed by atoms with Crippen LogP contribution in [0.3, 0.4) is 0 Å². The van der Waals surface area contributed by atoms with Gasteiger partial charge in [0.25, 0.3) is 0 Å². The van der Waals surface area contributed by atoms with Crippen molar-refractivity contribution >= 4 is 0 Å². The van der Waals surface area contributed by atoms with Crippen molar-refractivity contribution in [3.05, 3.63) is 23.8 Å². The molecule has 0 saturated heterocycles. The van der Waals surface area contributed by atoms with Crippen molar-refractivity contribution in [2.45, 2.75) is 77.4 Å². The van der Waals surface area contributed by atoms with Gasteiger partial charge in [0.05, 0.1) is 12.2 Å². The molecule has 0 amide bonds. The molecule has 3 N–H and O–H groups in total. The monoisotopic (exact) mass is 406 g/mol. The fraction of sp³-hybridized carbons (Fsp3) is 0.840. The number of hydrogen-bond donors (Lipinski definition) is 3. The smallest absolute Gasteiger partial charge is 0.0723 e. The van der Waals surface area contributed by atoms with E-state index in [0.717, 1.165) is 45.3 Å². The maximum absolute atomic E-state index is 10.5. The summed E-state index contributed by atoms with van der Waals surface area (Å²) in [5, 5.41) is 24.5. The summed E-state index contributed by atoms with van der Waals surface area (Å²) in [6.45, 7) is 7.71. The molecule has 0 heterocycles. The molecule has 168 valence electrons. The van der Waals surface area contributed by atoms with Gasteiger partial charge in [-0.3, -0.25) is 0 Å². The van der Waals surface area contributed by atoms with Crippen molar-refractivity contribution in [2.75, 3.05) is 33.7 Å². The standard InChI is InChI=1S/C25H46N2O2/c1-5-6-8-19(2)15-22(28)9-10-23-24-17-20(16-21(24)18-25(23)29)11-13-26-12-7-14-27(3)4/h9-10,16,19,21-26,28-29H,5-8,11-15,17-18H2,1-4H3/b10-9+/t19-,21-,22+,23+,24-,25+/m0/s1. The summed E-state index contributed by atoms with van der Waals surface area (Å²) >= 11 is 0. The molecule has 0 aromatic rings. The van der Waals surface area contributed by atoms with Crippen LogP contribution >= 0.6 is 0 Å². The van der Waals surface area contributed by atoms with Crippen LogP contribution in [0.2, 0.25) is 0 Å². The van der Waals surface area contributed by atoms with E-state index in [-0.39, 0.29) is 18.1 Å². The van der Waals surface area contributed by atoms with Crippen LogP contribution in [0.15, 0.2) is 23.8 Å². The molecule has 2 aliphatic rings. The average Bonchev–Trinajstić information content (AvgIpc) is 3.17. The number of hydrogen-bond acceptors (Lipinski definition) is 4. The van der Waals surface area contributed by atoms with Gasteiger partial charge in [0.15, 0.2) is 0 Å². The van der Waals surface area contributed by atoms with Crippen LogP contribution in [0.25, 0.3) is 0 Å².